The van der Waals surface area contributed by atoms with Gasteiger partial charge in [-0.1, -0.05) is 59.6 Å². The third-order valence-corrected chi connectivity index (χ3v) is 4.87. The van der Waals surface area contributed by atoms with Gasteiger partial charge in [-0.2, -0.15) is 0 Å². The summed E-state index contributed by atoms with van der Waals surface area (Å²) in [5.41, 5.74) is 1.01. The second-order valence-electron chi connectivity index (χ2n) is 5.60. The molecule has 1 aromatic rings. The maximum atomic E-state index is 11.9. The van der Waals surface area contributed by atoms with Gasteiger partial charge in [0.25, 0.3) is 0 Å². The molecule has 2 rings (SSSR count). The summed E-state index contributed by atoms with van der Waals surface area (Å²) in [6, 6.07) is 7.62. The number of hydrogen-bond donors (Lipinski definition) is 0. The van der Waals surface area contributed by atoms with Gasteiger partial charge in [0.05, 0.1) is 12.5 Å². The molecule has 1 aromatic carbocycles. The van der Waals surface area contributed by atoms with Crippen LogP contribution in [0, 0.1) is 17.3 Å². The number of allylic oxidation sites excluding steroid dienone is 1. The first-order valence-corrected chi connectivity index (χ1v) is 7.85. The van der Waals surface area contributed by atoms with E-state index in [0.717, 1.165) is 10.0 Å². The quantitative estimate of drug-likeness (QED) is 0.716. The summed E-state index contributed by atoms with van der Waals surface area (Å²) in [4.78, 5) is 11.9. The average Bonchev–Trinajstić information content (AvgIpc) is 2.92. The van der Waals surface area contributed by atoms with Gasteiger partial charge < -0.3 is 4.74 Å². The summed E-state index contributed by atoms with van der Waals surface area (Å²) in [5.74, 6) is 0.0454. The molecule has 0 N–H and O–H groups in total. The van der Waals surface area contributed by atoms with Crippen molar-refractivity contribution in [2.24, 2.45) is 17.3 Å². The summed E-state index contributed by atoms with van der Waals surface area (Å²) < 4.78 is 6.12. The Bertz CT molecular complexity index is 534. The van der Waals surface area contributed by atoms with E-state index >= 15 is 0 Å². The second kappa shape index (κ2) is 5.90. The van der Waals surface area contributed by atoms with Crippen LogP contribution in [-0.2, 0) is 9.53 Å². The molecule has 0 amide bonds. The number of hydrogen-bond acceptors (Lipinski definition) is 2. The van der Waals surface area contributed by atoms with Crippen molar-refractivity contribution >= 4 is 38.0 Å². The van der Waals surface area contributed by atoms with E-state index in [0.29, 0.717) is 11.6 Å². The lowest BCUT2D eigenvalue weighted by molar-refractivity contribution is -0.145. The highest BCUT2D eigenvalue weighted by molar-refractivity contribution is 9.15. The van der Waals surface area contributed by atoms with Crippen LogP contribution in [0.4, 0.5) is 0 Å². The highest BCUT2D eigenvalue weighted by atomic mass is 79.9. The highest BCUT2D eigenvalue weighted by Crippen LogP contribution is 2.60. The highest BCUT2D eigenvalue weighted by Gasteiger charge is 2.61. The number of carbonyl (C=O) groups is 1. The smallest absolute Gasteiger partial charge is 0.310 e. The Morgan fingerprint density at radius 2 is 2.00 bits per heavy atom. The van der Waals surface area contributed by atoms with Gasteiger partial charge in [0.1, 0.15) is 0 Å². The zero-order chi connectivity index (χ0) is 14.9. The topological polar surface area (TPSA) is 26.3 Å². The van der Waals surface area contributed by atoms with Crippen LogP contribution >= 0.6 is 27.5 Å². The van der Waals surface area contributed by atoms with Gasteiger partial charge in [0.15, 0.2) is 0 Å². The zero-order valence-electron chi connectivity index (χ0n) is 11.8. The Hall–Kier alpha value is -0.800. The first-order valence-electron chi connectivity index (χ1n) is 6.67. The SMILES string of the molecule is CCOC(=O)C1C(/C=C(\Br)c2ccc(Cl)cc2)C1(C)C. The maximum Gasteiger partial charge on any atom is 0.310 e. The van der Waals surface area contributed by atoms with Gasteiger partial charge in [-0.05, 0) is 36.0 Å². The third-order valence-electron chi connectivity index (χ3n) is 3.90. The van der Waals surface area contributed by atoms with E-state index in [4.69, 9.17) is 16.3 Å². The lowest BCUT2D eigenvalue weighted by Gasteiger charge is -2.01. The lowest BCUT2D eigenvalue weighted by atomic mass is 10.1. The molecule has 2 atom stereocenters. The van der Waals surface area contributed by atoms with Crippen LogP contribution in [0.25, 0.3) is 4.48 Å². The molecule has 2 unspecified atom stereocenters. The molecule has 0 bridgehead atoms. The van der Waals surface area contributed by atoms with Gasteiger partial charge in [0, 0.05) is 9.51 Å². The van der Waals surface area contributed by atoms with Crippen LogP contribution < -0.4 is 0 Å². The first-order chi connectivity index (χ1) is 9.37. The molecular weight excluding hydrogens is 340 g/mol. The maximum absolute atomic E-state index is 11.9. The number of carbonyl (C=O) groups excluding carboxylic acids is 1. The largest absolute Gasteiger partial charge is 0.466 e. The molecule has 4 heteroatoms. The minimum absolute atomic E-state index is 0.0439. The molecule has 20 heavy (non-hydrogen) atoms. The van der Waals surface area contributed by atoms with Crippen molar-refractivity contribution in [3.05, 3.63) is 40.9 Å². The number of halogens is 2. The van der Waals surface area contributed by atoms with Crippen molar-refractivity contribution < 1.29 is 9.53 Å². The van der Waals surface area contributed by atoms with E-state index in [1.807, 2.05) is 31.2 Å². The summed E-state index contributed by atoms with van der Waals surface area (Å²) in [6.07, 6.45) is 2.10. The molecule has 1 aliphatic rings. The van der Waals surface area contributed by atoms with Crippen molar-refractivity contribution in [3.8, 4) is 0 Å². The zero-order valence-corrected chi connectivity index (χ0v) is 14.2. The Kier molecular flexibility index (Phi) is 4.60. The van der Waals surface area contributed by atoms with Gasteiger partial charge in [0.2, 0.25) is 0 Å². The van der Waals surface area contributed by atoms with E-state index in [2.05, 4.69) is 35.9 Å². The van der Waals surface area contributed by atoms with Crippen molar-refractivity contribution in [2.45, 2.75) is 20.8 Å². The van der Waals surface area contributed by atoms with Crippen molar-refractivity contribution in [1.82, 2.24) is 0 Å². The Morgan fingerprint density at radius 3 is 2.55 bits per heavy atom. The Balaban J connectivity index is 2.14. The molecular formula is C16H18BrClO2. The van der Waals surface area contributed by atoms with E-state index in [-0.39, 0.29) is 23.2 Å². The summed E-state index contributed by atoms with van der Waals surface area (Å²) >= 11 is 9.47. The second-order valence-corrected chi connectivity index (χ2v) is 6.89. The predicted molar refractivity (Wildman–Crippen MR) is 85.8 cm³/mol. The van der Waals surface area contributed by atoms with E-state index < -0.39 is 0 Å². The van der Waals surface area contributed by atoms with Gasteiger partial charge in [-0.25, -0.2) is 0 Å². The summed E-state index contributed by atoms with van der Waals surface area (Å²) in [7, 11) is 0. The third kappa shape index (κ3) is 3.09. The Morgan fingerprint density at radius 1 is 1.40 bits per heavy atom. The number of rotatable bonds is 4. The van der Waals surface area contributed by atoms with Crippen LogP contribution in [0.1, 0.15) is 26.3 Å². The molecule has 0 heterocycles. The minimum Gasteiger partial charge on any atom is -0.466 e. The molecule has 2 nitrogen and oxygen atoms in total. The molecule has 0 radical (unpaired) electrons. The monoisotopic (exact) mass is 356 g/mol. The molecule has 108 valence electrons. The van der Waals surface area contributed by atoms with Crippen LogP contribution in [-0.4, -0.2) is 12.6 Å². The average molecular weight is 358 g/mol. The van der Waals surface area contributed by atoms with Crippen LogP contribution in [0.5, 0.6) is 0 Å². The van der Waals surface area contributed by atoms with E-state index in [1.165, 1.54) is 0 Å². The molecule has 0 aliphatic heterocycles. The van der Waals surface area contributed by atoms with Crippen LogP contribution in [0.2, 0.25) is 5.02 Å². The lowest BCUT2D eigenvalue weighted by Crippen LogP contribution is -2.10. The molecule has 0 aromatic heterocycles. The van der Waals surface area contributed by atoms with Crippen molar-refractivity contribution in [1.29, 1.82) is 0 Å². The van der Waals surface area contributed by atoms with Crippen LogP contribution in [0.15, 0.2) is 30.3 Å². The fourth-order valence-electron chi connectivity index (χ4n) is 2.53. The van der Waals surface area contributed by atoms with Crippen LogP contribution in [0.3, 0.4) is 0 Å². The molecule has 1 saturated carbocycles. The standard InChI is InChI=1S/C16H18BrClO2/c1-4-20-15(19)14-12(16(14,2)3)9-13(17)10-5-7-11(18)8-6-10/h5-9,12,14H,4H2,1-3H3/b13-9-. The van der Waals surface area contributed by atoms with Gasteiger partial charge in [-0.15, -0.1) is 0 Å². The summed E-state index contributed by atoms with van der Waals surface area (Å²) in [6.45, 7) is 6.46. The van der Waals surface area contributed by atoms with Gasteiger partial charge >= 0.3 is 5.97 Å². The Labute approximate surface area is 133 Å². The molecule has 0 saturated heterocycles. The van der Waals surface area contributed by atoms with Crippen molar-refractivity contribution in [2.75, 3.05) is 6.61 Å². The molecule has 1 fully saturated rings. The number of ether oxygens (including phenoxy) is 1. The first kappa shape index (κ1) is 15.6. The fraction of sp³-hybridized carbons (Fsp3) is 0.438. The minimum atomic E-state index is -0.102. The van der Waals surface area contributed by atoms with E-state index in [1.54, 1.807) is 0 Å². The molecule has 0 spiro atoms. The number of benzene rings is 1. The fourth-order valence-corrected chi connectivity index (χ4v) is 3.21. The van der Waals surface area contributed by atoms with E-state index in [9.17, 15) is 4.79 Å². The number of esters is 1. The van der Waals surface area contributed by atoms with Gasteiger partial charge in [-0.3, -0.25) is 4.79 Å². The summed E-state index contributed by atoms with van der Waals surface area (Å²) in [5, 5.41) is 0.713. The normalized spacial score (nSPS) is 24.4. The van der Waals surface area contributed by atoms with Crippen molar-refractivity contribution in [3.63, 3.8) is 0 Å². The molecule has 1 aliphatic carbocycles. The predicted octanol–water partition coefficient (Wildman–Crippen LogP) is 4.91.